The minimum atomic E-state index is 0.365. The molecule has 4 atom stereocenters. The van der Waals surface area contributed by atoms with Gasteiger partial charge in [-0.2, -0.15) is 0 Å². The molecule has 0 aromatic carbocycles. The summed E-state index contributed by atoms with van der Waals surface area (Å²) in [5.74, 6) is 0. The highest BCUT2D eigenvalue weighted by atomic mass is 15.4. The van der Waals surface area contributed by atoms with Crippen LogP contribution >= 0.6 is 0 Å². The third-order valence-electron chi connectivity index (χ3n) is 10.7. The molecule has 2 bridgehead atoms. The molecule has 4 unspecified atom stereocenters. The van der Waals surface area contributed by atoms with Crippen LogP contribution in [0.5, 0.6) is 0 Å². The van der Waals surface area contributed by atoms with Gasteiger partial charge in [0, 0.05) is 93.1 Å². The average molecular weight is 547 g/mol. The summed E-state index contributed by atoms with van der Waals surface area (Å²) >= 11 is 0. The van der Waals surface area contributed by atoms with Crippen LogP contribution in [0.1, 0.15) is 101 Å². The first-order valence-electron chi connectivity index (χ1n) is 16.6. The Morgan fingerprint density at radius 1 is 0.462 bits per heavy atom. The van der Waals surface area contributed by atoms with Crippen molar-refractivity contribution in [3.63, 3.8) is 0 Å². The van der Waals surface area contributed by atoms with Crippen LogP contribution < -0.4 is 0 Å². The summed E-state index contributed by atoms with van der Waals surface area (Å²) in [6, 6.07) is 3.40. The zero-order valence-electron chi connectivity index (χ0n) is 27.8. The van der Waals surface area contributed by atoms with Crippen LogP contribution in [0.15, 0.2) is 0 Å². The van der Waals surface area contributed by atoms with Gasteiger partial charge in [-0.15, -0.1) is 0 Å². The van der Waals surface area contributed by atoms with Gasteiger partial charge in [0.2, 0.25) is 0 Å². The molecule has 0 radical (unpaired) electrons. The summed E-state index contributed by atoms with van der Waals surface area (Å²) in [5.41, 5.74) is 1.11. The van der Waals surface area contributed by atoms with E-state index in [1.165, 1.54) is 104 Å². The lowest BCUT2D eigenvalue weighted by Crippen LogP contribution is -2.59. The topological polar surface area (TPSA) is 19.4 Å². The van der Waals surface area contributed by atoms with Gasteiger partial charge in [0.05, 0.1) is 0 Å². The minimum absolute atomic E-state index is 0.365. The largest absolute Gasteiger partial charge is 0.301 e. The Morgan fingerprint density at radius 3 is 1.41 bits per heavy atom. The molecule has 0 aromatic heterocycles. The lowest BCUT2D eigenvalue weighted by Gasteiger charge is -2.48. The van der Waals surface area contributed by atoms with E-state index >= 15 is 0 Å². The zero-order chi connectivity index (χ0) is 28.6. The standard InChI is InChI=1S/C12H24N2.C11H22N2.C10H20N2/c1-12(2,3)14-9-8-13-7-5-4-6-11(13)10-14;1-11(2,3)13-8-7-12-6-4-5-10(12)9-13;1-10(2,3)12-7-8-5-9(12)6-11(8)4/h11H,4-10H2,1-3H3;10H,4-9H2,1-3H3;8-9H,5-7H2,1-4H3. The number of rotatable bonds is 0. The van der Waals surface area contributed by atoms with Crippen molar-refractivity contribution in [2.75, 3.05) is 72.5 Å². The predicted molar refractivity (Wildman–Crippen MR) is 168 cm³/mol. The number of piperazine rings is 3. The Hall–Kier alpha value is -0.240. The van der Waals surface area contributed by atoms with Crippen molar-refractivity contribution < 1.29 is 0 Å². The van der Waals surface area contributed by atoms with Crippen molar-refractivity contribution in [1.82, 2.24) is 29.4 Å². The molecule has 0 spiro atoms. The van der Waals surface area contributed by atoms with E-state index in [1.54, 1.807) is 0 Å². The molecule has 39 heavy (non-hydrogen) atoms. The van der Waals surface area contributed by atoms with Gasteiger partial charge >= 0.3 is 0 Å². The van der Waals surface area contributed by atoms with Crippen LogP contribution in [0, 0.1) is 0 Å². The van der Waals surface area contributed by atoms with Crippen LogP contribution in [0.25, 0.3) is 0 Å². The van der Waals surface area contributed by atoms with Crippen molar-refractivity contribution in [3.05, 3.63) is 0 Å². The quantitative estimate of drug-likeness (QED) is 0.436. The van der Waals surface area contributed by atoms with Crippen LogP contribution in [0.3, 0.4) is 0 Å². The molecule has 0 aromatic rings. The van der Waals surface area contributed by atoms with Crippen molar-refractivity contribution in [3.8, 4) is 0 Å². The molecule has 0 N–H and O–H groups in total. The second-order valence-electron chi connectivity index (χ2n) is 16.6. The van der Waals surface area contributed by atoms with E-state index in [4.69, 9.17) is 0 Å². The fourth-order valence-electron chi connectivity index (χ4n) is 8.05. The second-order valence-corrected chi connectivity index (χ2v) is 16.6. The number of hydrogen-bond donors (Lipinski definition) is 0. The molecule has 6 saturated heterocycles. The van der Waals surface area contributed by atoms with Crippen molar-refractivity contribution in [1.29, 1.82) is 0 Å². The van der Waals surface area contributed by atoms with E-state index in [0.29, 0.717) is 16.6 Å². The van der Waals surface area contributed by atoms with E-state index in [-0.39, 0.29) is 0 Å². The van der Waals surface area contributed by atoms with E-state index < -0.39 is 0 Å². The second kappa shape index (κ2) is 12.6. The third kappa shape index (κ3) is 8.20. The van der Waals surface area contributed by atoms with Gasteiger partial charge < -0.3 is 4.90 Å². The van der Waals surface area contributed by atoms with Gasteiger partial charge in [-0.1, -0.05) is 6.42 Å². The number of likely N-dealkylation sites (N-methyl/N-ethyl adjacent to an activating group) is 1. The molecule has 228 valence electrons. The van der Waals surface area contributed by atoms with Crippen LogP contribution in [0.4, 0.5) is 0 Å². The van der Waals surface area contributed by atoms with Gasteiger partial charge in [0.1, 0.15) is 0 Å². The maximum absolute atomic E-state index is 2.70. The molecule has 0 saturated carbocycles. The molecule has 6 fully saturated rings. The Bertz CT molecular complexity index is 762. The zero-order valence-corrected chi connectivity index (χ0v) is 27.8. The maximum Gasteiger partial charge on any atom is 0.0244 e. The Balaban J connectivity index is 0.000000136. The van der Waals surface area contributed by atoms with E-state index in [9.17, 15) is 0 Å². The first-order valence-corrected chi connectivity index (χ1v) is 16.6. The average Bonchev–Trinajstić information content (AvgIpc) is 3.58. The van der Waals surface area contributed by atoms with E-state index in [2.05, 4.69) is 98.8 Å². The molecule has 6 nitrogen and oxygen atoms in total. The number of likely N-dealkylation sites (tertiary alicyclic amines) is 2. The summed E-state index contributed by atoms with van der Waals surface area (Å²) in [6.45, 7) is 34.0. The van der Waals surface area contributed by atoms with Gasteiger partial charge in [-0.05, 0) is 115 Å². The third-order valence-corrected chi connectivity index (χ3v) is 10.7. The number of nitrogens with zero attached hydrogens (tertiary/aromatic N) is 6. The molecule has 0 aliphatic carbocycles. The molecule has 6 aliphatic rings. The van der Waals surface area contributed by atoms with Crippen LogP contribution in [-0.2, 0) is 0 Å². The molecule has 6 heteroatoms. The highest BCUT2D eigenvalue weighted by Crippen LogP contribution is 2.34. The molecule has 6 rings (SSSR count). The smallest absolute Gasteiger partial charge is 0.0244 e. The predicted octanol–water partition coefficient (Wildman–Crippen LogP) is 4.69. The van der Waals surface area contributed by atoms with E-state index in [0.717, 1.165) is 24.2 Å². The van der Waals surface area contributed by atoms with Crippen molar-refractivity contribution in [2.24, 2.45) is 0 Å². The molecule has 6 heterocycles. The molecule has 0 amide bonds. The highest BCUT2D eigenvalue weighted by Gasteiger charge is 2.45. The first-order chi connectivity index (χ1) is 18.1. The number of fused-ring (bicyclic) bond motifs is 4. The Labute approximate surface area is 243 Å². The minimum Gasteiger partial charge on any atom is -0.301 e. The maximum atomic E-state index is 2.70. The van der Waals surface area contributed by atoms with Gasteiger partial charge in [0.25, 0.3) is 0 Å². The fourth-order valence-corrected chi connectivity index (χ4v) is 8.05. The molecule has 6 aliphatic heterocycles. The summed E-state index contributed by atoms with van der Waals surface area (Å²) < 4.78 is 0. The summed E-state index contributed by atoms with van der Waals surface area (Å²) in [5, 5.41) is 0. The summed E-state index contributed by atoms with van der Waals surface area (Å²) in [6.07, 6.45) is 8.53. The molecular formula is C33H66N6. The Morgan fingerprint density at radius 2 is 0.974 bits per heavy atom. The van der Waals surface area contributed by atoms with Gasteiger partial charge in [-0.3, -0.25) is 24.5 Å². The normalized spacial score (nSPS) is 33.7. The fraction of sp³-hybridized carbons (Fsp3) is 1.00. The summed E-state index contributed by atoms with van der Waals surface area (Å²) in [7, 11) is 2.25. The number of hydrogen-bond acceptors (Lipinski definition) is 6. The SMILES string of the molecule is CC(C)(C)N1CCN2CCCC2C1.CC(C)(C)N1CCN2CCCCC2C1.CN1CC2CC1CN2C(C)(C)C. The highest BCUT2D eigenvalue weighted by molar-refractivity contribution is 5.02. The van der Waals surface area contributed by atoms with Gasteiger partial charge in [-0.25, -0.2) is 0 Å². The lowest BCUT2D eigenvalue weighted by atomic mass is 9.96. The van der Waals surface area contributed by atoms with Crippen LogP contribution in [0.2, 0.25) is 0 Å². The van der Waals surface area contributed by atoms with E-state index in [1.807, 2.05) is 0 Å². The first kappa shape index (κ1) is 31.7. The van der Waals surface area contributed by atoms with Crippen molar-refractivity contribution >= 4 is 0 Å². The van der Waals surface area contributed by atoms with Gasteiger partial charge in [0.15, 0.2) is 0 Å². The van der Waals surface area contributed by atoms with Crippen LogP contribution in [-0.4, -0.2) is 143 Å². The monoisotopic (exact) mass is 547 g/mol. The molecular weight excluding hydrogens is 480 g/mol. The van der Waals surface area contributed by atoms with Crippen molar-refractivity contribution in [2.45, 2.75) is 142 Å². The summed E-state index contributed by atoms with van der Waals surface area (Å²) in [4.78, 5) is 15.8. The Kier molecular flexibility index (Phi) is 10.2. The number of piperidine rings is 1. The lowest BCUT2D eigenvalue weighted by molar-refractivity contribution is 0.00573.